The van der Waals surface area contributed by atoms with Crippen molar-refractivity contribution in [1.29, 1.82) is 0 Å². The molecule has 0 aliphatic rings. The Morgan fingerprint density at radius 3 is 2.31 bits per heavy atom. The fraction of sp³-hybridized carbons (Fsp3) is 0.300. The summed E-state index contributed by atoms with van der Waals surface area (Å²) in [5.74, 6) is -0.851. The number of carbonyl (C=O) groups is 2. The number of nitrogens with zero attached hydrogens (tertiary/aromatic N) is 1. The molecule has 26 heavy (non-hydrogen) atoms. The number of amides is 2. The molecule has 138 valence electrons. The summed E-state index contributed by atoms with van der Waals surface area (Å²) in [4.78, 5) is 26.2. The predicted molar refractivity (Wildman–Crippen MR) is 99.3 cm³/mol. The second kappa shape index (κ2) is 9.10. The number of aryl methyl sites for hydroxylation is 1. The lowest BCUT2D eigenvalue weighted by atomic mass is 10.1. The Labute approximate surface area is 153 Å². The van der Waals surface area contributed by atoms with Gasteiger partial charge in [-0.25, -0.2) is 4.39 Å². The van der Waals surface area contributed by atoms with Crippen LogP contribution in [0.25, 0.3) is 0 Å². The van der Waals surface area contributed by atoms with Crippen LogP contribution in [-0.4, -0.2) is 43.9 Å². The molecule has 0 aliphatic carbocycles. The van der Waals surface area contributed by atoms with Crippen LogP contribution >= 0.6 is 0 Å². The normalized spacial score (nSPS) is 11.9. The van der Waals surface area contributed by atoms with Crippen LogP contribution in [-0.2, 0) is 4.79 Å². The Hall–Kier alpha value is -2.73. The lowest BCUT2D eigenvalue weighted by molar-refractivity contribution is -0.120. The van der Waals surface area contributed by atoms with Crippen molar-refractivity contribution in [1.82, 2.24) is 15.5 Å². The summed E-state index contributed by atoms with van der Waals surface area (Å²) in [6.07, 6.45) is 0. The standard InChI is InChI=1S/C20H24FN3O2/c1-14-6-4-5-7-17(14)20(26)23-13-19(25)22-12-18(24(2)3)15-8-10-16(21)11-9-15/h4-11,18H,12-13H2,1-3H3,(H,22,25)(H,23,26). The van der Waals surface area contributed by atoms with E-state index in [0.717, 1.165) is 11.1 Å². The fourth-order valence-electron chi connectivity index (χ4n) is 2.64. The lowest BCUT2D eigenvalue weighted by Gasteiger charge is -2.25. The molecule has 2 N–H and O–H groups in total. The van der Waals surface area contributed by atoms with E-state index in [4.69, 9.17) is 0 Å². The fourth-order valence-corrected chi connectivity index (χ4v) is 2.64. The maximum absolute atomic E-state index is 13.1. The van der Waals surface area contributed by atoms with E-state index in [-0.39, 0.29) is 30.2 Å². The molecule has 0 aliphatic heterocycles. The van der Waals surface area contributed by atoms with Crippen molar-refractivity contribution in [2.75, 3.05) is 27.2 Å². The number of rotatable bonds is 7. The van der Waals surface area contributed by atoms with Gasteiger partial charge in [-0.3, -0.25) is 9.59 Å². The number of hydrogen-bond donors (Lipinski definition) is 2. The van der Waals surface area contributed by atoms with Gasteiger partial charge in [-0.05, 0) is 50.3 Å². The van der Waals surface area contributed by atoms with Gasteiger partial charge in [0.15, 0.2) is 0 Å². The van der Waals surface area contributed by atoms with Crippen molar-refractivity contribution in [3.8, 4) is 0 Å². The smallest absolute Gasteiger partial charge is 0.251 e. The largest absolute Gasteiger partial charge is 0.353 e. The first kappa shape index (κ1) is 19.6. The van der Waals surface area contributed by atoms with Crippen LogP contribution in [0, 0.1) is 12.7 Å². The number of nitrogens with one attached hydrogen (secondary N) is 2. The molecule has 0 fully saturated rings. The highest BCUT2D eigenvalue weighted by molar-refractivity contribution is 5.97. The van der Waals surface area contributed by atoms with Gasteiger partial charge in [0.1, 0.15) is 5.82 Å². The number of benzene rings is 2. The monoisotopic (exact) mass is 357 g/mol. The summed E-state index contributed by atoms with van der Waals surface area (Å²) < 4.78 is 13.1. The third-order valence-corrected chi connectivity index (χ3v) is 4.17. The third-order valence-electron chi connectivity index (χ3n) is 4.17. The molecule has 6 heteroatoms. The van der Waals surface area contributed by atoms with E-state index in [1.54, 1.807) is 24.3 Å². The first-order valence-corrected chi connectivity index (χ1v) is 8.41. The van der Waals surface area contributed by atoms with Gasteiger partial charge in [-0.15, -0.1) is 0 Å². The maximum atomic E-state index is 13.1. The molecule has 0 aromatic heterocycles. The van der Waals surface area contributed by atoms with Crippen molar-refractivity contribution in [3.63, 3.8) is 0 Å². The van der Waals surface area contributed by atoms with E-state index < -0.39 is 0 Å². The topological polar surface area (TPSA) is 61.4 Å². The first-order chi connectivity index (χ1) is 12.4. The highest BCUT2D eigenvalue weighted by Gasteiger charge is 2.16. The highest BCUT2D eigenvalue weighted by Crippen LogP contribution is 2.17. The Morgan fingerprint density at radius 1 is 1.04 bits per heavy atom. The predicted octanol–water partition coefficient (Wildman–Crippen LogP) is 2.28. The molecule has 0 heterocycles. The van der Waals surface area contributed by atoms with Gasteiger partial charge >= 0.3 is 0 Å². The molecule has 2 amide bonds. The molecule has 0 saturated heterocycles. The molecule has 1 atom stereocenters. The molecule has 0 radical (unpaired) electrons. The molecule has 0 spiro atoms. The molecule has 0 saturated carbocycles. The van der Waals surface area contributed by atoms with Crippen LogP contribution in [0.15, 0.2) is 48.5 Å². The summed E-state index contributed by atoms with van der Waals surface area (Å²) >= 11 is 0. The number of halogens is 1. The van der Waals surface area contributed by atoms with Crippen LogP contribution in [0.5, 0.6) is 0 Å². The van der Waals surface area contributed by atoms with Gasteiger partial charge in [-0.1, -0.05) is 30.3 Å². The quantitative estimate of drug-likeness (QED) is 0.799. The Bertz CT molecular complexity index is 760. The average molecular weight is 357 g/mol. The molecule has 1 unspecified atom stereocenters. The second-order valence-corrected chi connectivity index (χ2v) is 6.33. The van der Waals surface area contributed by atoms with Gasteiger partial charge in [0.05, 0.1) is 12.6 Å². The summed E-state index contributed by atoms with van der Waals surface area (Å²) in [5.41, 5.74) is 2.31. The van der Waals surface area contributed by atoms with E-state index in [1.807, 2.05) is 38.1 Å². The average Bonchev–Trinajstić information content (AvgIpc) is 2.61. The summed E-state index contributed by atoms with van der Waals surface area (Å²) in [7, 11) is 3.78. The molecular weight excluding hydrogens is 333 g/mol. The van der Waals surface area contributed by atoms with E-state index in [1.165, 1.54) is 12.1 Å². The van der Waals surface area contributed by atoms with Crippen molar-refractivity contribution in [2.45, 2.75) is 13.0 Å². The molecular formula is C20H24FN3O2. The highest BCUT2D eigenvalue weighted by atomic mass is 19.1. The SMILES string of the molecule is Cc1ccccc1C(=O)NCC(=O)NCC(c1ccc(F)cc1)N(C)C. The van der Waals surface area contributed by atoms with E-state index in [2.05, 4.69) is 10.6 Å². The first-order valence-electron chi connectivity index (χ1n) is 8.41. The summed E-state index contributed by atoms with van der Waals surface area (Å²) in [5, 5.41) is 5.44. The minimum atomic E-state index is -0.297. The van der Waals surface area contributed by atoms with E-state index in [0.29, 0.717) is 12.1 Å². The minimum Gasteiger partial charge on any atom is -0.353 e. The zero-order valence-corrected chi connectivity index (χ0v) is 15.3. The molecule has 2 rings (SSSR count). The number of carbonyl (C=O) groups excluding carboxylic acids is 2. The van der Waals surface area contributed by atoms with Crippen LogP contribution in [0.1, 0.15) is 27.5 Å². The van der Waals surface area contributed by atoms with Crippen molar-refractivity contribution in [2.24, 2.45) is 0 Å². The molecule has 0 bridgehead atoms. The number of hydrogen-bond acceptors (Lipinski definition) is 3. The minimum absolute atomic E-state index is 0.0911. The third kappa shape index (κ3) is 5.39. The van der Waals surface area contributed by atoms with Gasteiger partial charge in [0.25, 0.3) is 5.91 Å². The summed E-state index contributed by atoms with van der Waals surface area (Å²) in [6.45, 7) is 2.10. The Morgan fingerprint density at radius 2 is 1.69 bits per heavy atom. The second-order valence-electron chi connectivity index (χ2n) is 6.33. The van der Waals surface area contributed by atoms with Crippen molar-refractivity contribution < 1.29 is 14.0 Å². The van der Waals surface area contributed by atoms with Crippen LogP contribution in [0.3, 0.4) is 0 Å². The lowest BCUT2D eigenvalue weighted by Crippen LogP contribution is -2.40. The number of likely N-dealkylation sites (N-methyl/N-ethyl adjacent to an activating group) is 1. The molecule has 2 aromatic rings. The van der Waals surface area contributed by atoms with Crippen LogP contribution in [0.4, 0.5) is 4.39 Å². The van der Waals surface area contributed by atoms with E-state index >= 15 is 0 Å². The van der Waals surface area contributed by atoms with Gasteiger partial charge in [0, 0.05) is 12.1 Å². The Balaban J connectivity index is 1.87. The van der Waals surface area contributed by atoms with Gasteiger partial charge in [0.2, 0.25) is 5.91 Å². The van der Waals surface area contributed by atoms with Gasteiger partial charge in [-0.2, -0.15) is 0 Å². The molecule has 5 nitrogen and oxygen atoms in total. The Kier molecular flexibility index (Phi) is 6.86. The maximum Gasteiger partial charge on any atom is 0.251 e. The zero-order valence-electron chi connectivity index (χ0n) is 15.3. The van der Waals surface area contributed by atoms with Crippen LogP contribution in [0.2, 0.25) is 0 Å². The van der Waals surface area contributed by atoms with Crippen molar-refractivity contribution >= 4 is 11.8 Å². The van der Waals surface area contributed by atoms with E-state index in [9.17, 15) is 14.0 Å². The molecule has 2 aromatic carbocycles. The summed E-state index contributed by atoms with van der Waals surface area (Å²) in [6, 6.07) is 13.3. The zero-order chi connectivity index (χ0) is 19.1. The van der Waals surface area contributed by atoms with Crippen molar-refractivity contribution in [3.05, 3.63) is 71.0 Å². The van der Waals surface area contributed by atoms with Gasteiger partial charge < -0.3 is 15.5 Å². The van der Waals surface area contributed by atoms with Crippen LogP contribution < -0.4 is 10.6 Å².